The van der Waals surface area contributed by atoms with Gasteiger partial charge in [0.25, 0.3) is 0 Å². The quantitative estimate of drug-likeness (QED) is 0.883. The number of methoxy groups -OCH3 is 1. The number of hydrogen-bond donors (Lipinski definition) is 1. The number of rotatable bonds is 6. The zero-order valence-corrected chi connectivity index (χ0v) is 12.9. The van der Waals surface area contributed by atoms with E-state index in [4.69, 9.17) is 27.9 Å². The highest BCUT2D eigenvalue weighted by Gasteiger charge is 2.20. The third-order valence-corrected chi connectivity index (χ3v) is 3.68. The van der Waals surface area contributed by atoms with E-state index in [9.17, 15) is 9.50 Å². The van der Waals surface area contributed by atoms with Gasteiger partial charge in [-0.05, 0) is 11.6 Å². The molecule has 0 bridgehead atoms. The van der Waals surface area contributed by atoms with Crippen LogP contribution >= 0.6 is 23.2 Å². The second kappa shape index (κ2) is 7.22. The van der Waals surface area contributed by atoms with Gasteiger partial charge in [-0.15, -0.1) is 0 Å². The Bertz CT molecular complexity index is 619. The second-order valence-corrected chi connectivity index (χ2v) is 5.34. The number of aliphatic hydroxyl groups excluding tert-OH is 1. The SMILES string of the molecule is COCCn1ncc(Cl)c1C(O)Cc1cccc(Cl)c1F. The standard InChI is InChI=1S/C14H15Cl2FN2O2/c1-21-6-5-19-14(11(16)8-18-19)12(20)7-9-3-2-4-10(15)13(9)17/h2-4,8,12,20H,5-7H2,1H3. The number of nitrogens with zero attached hydrogens (tertiary/aromatic N) is 2. The largest absolute Gasteiger partial charge is 0.386 e. The van der Waals surface area contributed by atoms with Crippen molar-refractivity contribution in [2.75, 3.05) is 13.7 Å². The number of aliphatic hydroxyl groups is 1. The Labute approximate surface area is 132 Å². The number of benzene rings is 1. The molecule has 0 fully saturated rings. The van der Waals surface area contributed by atoms with Crippen LogP contribution in [0.1, 0.15) is 17.4 Å². The van der Waals surface area contributed by atoms with Crippen LogP contribution in [0.2, 0.25) is 10.0 Å². The summed E-state index contributed by atoms with van der Waals surface area (Å²) in [5, 5.41) is 14.8. The molecular formula is C14H15Cl2FN2O2. The van der Waals surface area contributed by atoms with E-state index in [-0.39, 0.29) is 11.4 Å². The summed E-state index contributed by atoms with van der Waals surface area (Å²) >= 11 is 11.8. The van der Waals surface area contributed by atoms with Crippen LogP contribution in [-0.4, -0.2) is 28.6 Å². The third kappa shape index (κ3) is 3.74. The summed E-state index contributed by atoms with van der Waals surface area (Å²) in [7, 11) is 1.57. The van der Waals surface area contributed by atoms with Gasteiger partial charge in [0.1, 0.15) is 11.9 Å². The Morgan fingerprint density at radius 1 is 1.38 bits per heavy atom. The van der Waals surface area contributed by atoms with Crippen LogP contribution in [0.4, 0.5) is 4.39 Å². The molecule has 1 N–H and O–H groups in total. The summed E-state index contributed by atoms with van der Waals surface area (Å²) in [4.78, 5) is 0. The molecule has 7 heteroatoms. The Morgan fingerprint density at radius 2 is 2.14 bits per heavy atom. The van der Waals surface area contributed by atoms with Crippen molar-refractivity contribution in [2.24, 2.45) is 0 Å². The van der Waals surface area contributed by atoms with Crippen LogP contribution in [0.15, 0.2) is 24.4 Å². The van der Waals surface area contributed by atoms with Gasteiger partial charge in [-0.1, -0.05) is 35.3 Å². The van der Waals surface area contributed by atoms with E-state index in [0.717, 1.165) is 0 Å². The molecule has 114 valence electrons. The van der Waals surface area contributed by atoms with Crippen molar-refractivity contribution >= 4 is 23.2 Å². The molecule has 21 heavy (non-hydrogen) atoms. The molecule has 0 aliphatic heterocycles. The predicted molar refractivity (Wildman–Crippen MR) is 79.2 cm³/mol. The van der Waals surface area contributed by atoms with Crippen LogP contribution in [0, 0.1) is 5.82 Å². The highest BCUT2D eigenvalue weighted by Crippen LogP contribution is 2.28. The van der Waals surface area contributed by atoms with Gasteiger partial charge < -0.3 is 9.84 Å². The molecule has 2 rings (SSSR count). The van der Waals surface area contributed by atoms with Gasteiger partial charge in [0.15, 0.2) is 0 Å². The topological polar surface area (TPSA) is 47.3 Å². The maximum absolute atomic E-state index is 13.9. The van der Waals surface area contributed by atoms with Crippen molar-refractivity contribution in [2.45, 2.75) is 19.1 Å². The van der Waals surface area contributed by atoms with Gasteiger partial charge >= 0.3 is 0 Å². The van der Waals surface area contributed by atoms with Crippen molar-refractivity contribution in [1.82, 2.24) is 9.78 Å². The van der Waals surface area contributed by atoms with E-state index in [2.05, 4.69) is 5.10 Å². The first-order valence-electron chi connectivity index (χ1n) is 6.35. The van der Waals surface area contributed by atoms with E-state index in [1.165, 1.54) is 12.3 Å². The van der Waals surface area contributed by atoms with Crippen LogP contribution in [-0.2, 0) is 17.7 Å². The first-order chi connectivity index (χ1) is 10.0. The summed E-state index contributed by atoms with van der Waals surface area (Å²) in [6.45, 7) is 0.886. The van der Waals surface area contributed by atoms with Gasteiger partial charge in [-0.25, -0.2) is 4.39 Å². The second-order valence-electron chi connectivity index (χ2n) is 4.53. The molecule has 0 radical (unpaired) electrons. The smallest absolute Gasteiger partial charge is 0.145 e. The number of ether oxygens (including phenoxy) is 1. The number of hydrogen-bond acceptors (Lipinski definition) is 3. The summed E-state index contributed by atoms with van der Waals surface area (Å²) < 4.78 is 20.4. The van der Waals surface area contributed by atoms with Crippen LogP contribution in [0.5, 0.6) is 0 Å². The molecule has 1 aromatic carbocycles. The van der Waals surface area contributed by atoms with Gasteiger partial charge in [0.05, 0.1) is 35.1 Å². The number of aromatic nitrogens is 2. The fourth-order valence-electron chi connectivity index (χ4n) is 2.07. The molecule has 1 aromatic heterocycles. The third-order valence-electron chi connectivity index (χ3n) is 3.10. The summed E-state index contributed by atoms with van der Waals surface area (Å²) in [5.74, 6) is -0.530. The van der Waals surface area contributed by atoms with Gasteiger partial charge in [0, 0.05) is 13.5 Å². The monoisotopic (exact) mass is 332 g/mol. The molecule has 0 spiro atoms. The Balaban J connectivity index is 2.22. The van der Waals surface area contributed by atoms with E-state index >= 15 is 0 Å². The molecule has 0 saturated heterocycles. The first-order valence-corrected chi connectivity index (χ1v) is 7.11. The van der Waals surface area contributed by atoms with E-state index < -0.39 is 11.9 Å². The van der Waals surface area contributed by atoms with Crippen molar-refractivity contribution < 1.29 is 14.2 Å². The molecule has 0 saturated carbocycles. The summed E-state index contributed by atoms with van der Waals surface area (Å²) in [5.41, 5.74) is 0.763. The highest BCUT2D eigenvalue weighted by molar-refractivity contribution is 6.31. The first kappa shape index (κ1) is 16.2. The lowest BCUT2D eigenvalue weighted by Gasteiger charge is -2.15. The number of halogens is 3. The zero-order valence-electron chi connectivity index (χ0n) is 11.4. The van der Waals surface area contributed by atoms with Crippen molar-refractivity contribution in [3.8, 4) is 0 Å². The fraction of sp³-hybridized carbons (Fsp3) is 0.357. The molecule has 4 nitrogen and oxygen atoms in total. The zero-order chi connectivity index (χ0) is 15.4. The van der Waals surface area contributed by atoms with E-state index in [1.807, 2.05) is 0 Å². The van der Waals surface area contributed by atoms with Crippen LogP contribution < -0.4 is 0 Å². The van der Waals surface area contributed by atoms with Crippen molar-refractivity contribution in [3.63, 3.8) is 0 Å². The molecule has 2 aromatic rings. The summed E-state index contributed by atoms with van der Waals surface area (Å²) in [6.07, 6.45) is 0.527. The van der Waals surface area contributed by atoms with Crippen LogP contribution in [0.25, 0.3) is 0 Å². The normalized spacial score (nSPS) is 12.6. The van der Waals surface area contributed by atoms with Gasteiger partial charge in [0.2, 0.25) is 0 Å². The molecule has 0 amide bonds. The maximum atomic E-state index is 13.9. The Hall–Kier alpha value is -1.14. The molecule has 1 atom stereocenters. The predicted octanol–water partition coefficient (Wildman–Crippen LogP) is 3.25. The molecule has 0 aliphatic rings. The Morgan fingerprint density at radius 3 is 2.86 bits per heavy atom. The minimum atomic E-state index is -0.982. The van der Waals surface area contributed by atoms with Crippen molar-refractivity contribution in [3.05, 3.63) is 51.5 Å². The average molecular weight is 333 g/mol. The van der Waals surface area contributed by atoms with Gasteiger partial charge in [-0.2, -0.15) is 5.10 Å². The maximum Gasteiger partial charge on any atom is 0.145 e. The van der Waals surface area contributed by atoms with Gasteiger partial charge in [-0.3, -0.25) is 4.68 Å². The summed E-state index contributed by atoms with van der Waals surface area (Å²) in [6, 6.07) is 4.67. The minimum Gasteiger partial charge on any atom is -0.386 e. The Kier molecular flexibility index (Phi) is 5.58. The lowest BCUT2D eigenvalue weighted by atomic mass is 10.0. The molecule has 0 aliphatic carbocycles. The fourth-order valence-corrected chi connectivity index (χ4v) is 2.53. The average Bonchev–Trinajstić information content (AvgIpc) is 2.82. The minimum absolute atomic E-state index is 0.0266. The van der Waals surface area contributed by atoms with E-state index in [0.29, 0.717) is 29.4 Å². The highest BCUT2D eigenvalue weighted by atomic mass is 35.5. The van der Waals surface area contributed by atoms with Crippen molar-refractivity contribution in [1.29, 1.82) is 0 Å². The lowest BCUT2D eigenvalue weighted by molar-refractivity contribution is 0.152. The molecular weight excluding hydrogens is 318 g/mol. The lowest BCUT2D eigenvalue weighted by Crippen LogP contribution is -2.14. The van der Waals surface area contributed by atoms with Crippen LogP contribution in [0.3, 0.4) is 0 Å². The molecule has 1 heterocycles. The molecule has 1 unspecified atom stereocenters. The van der Waals surface area contributed by atoms with E-state index in [1.54, 1.807) is 23.9 Å².